The van der Waals surface area contributed by atoms with E-state index in [9.17, 15) is 9.18 Å². The van der Waals surface area contributed by atoms with E-state index in [1.807, 2.05) is 7.05 Å². The first-order chi connectivity index (χ1) is 11.3. The molecule has 8 heteroatoms. The van der Waals surface area contributed by atoms with Gasteiger partial charge in [0.25, 0.3) is 0 Å². The van der Waals surface area contributed by atoms with Gasteiger partial charge in [0.15, 0.2) is 0 Å². The van der Waals surface area contributed by atoms with Crippen LogP contribution in [0.25, 0.3) is 0 Å². The fourth-order valence-corrected chi connectivity index (χ4v) is 1.59. The molecule has 0 unspecified atom stereocenters. The minimum absolute atomic E-state index is 0.0371. The van der Waals surface area contributed by atoms with E-state index >= 15 is 0 Å². The summed E-state index contributed by atoms with van der Waals surface area (Å²) in [5, 5.41) is 17.5. The highest BCUT2D eigenvalue weighted by Gasteiger charge is 2.05. The van der Waals surface area contributed by atoms with Crippen LogP contribution in [0.5, 0.6) is 0 Å². The van der Waals surface area contributed by atoms with E-state index in [2.05, 4.69) is 17.1 Å². The van der Waals surface area contributed by atoms with Gasteiger partial charge in [-0.1, -0.05) is 13.3 Å². The van der Waals surface area contributed by atoms with Gasteiger partial charge in [-0.15, -0.1) is 0 Å². The van der Waals surface area contributed by atoms with E-state index in [0.29, 0.717) is 12.1 Å². The molecule has 0 aliphatic heterocycles. The molecule has 24 heavy (non-hydrogen) atoms. The Balaban J connectivity index is 0.000000754. The summed E-state index contributed by atoms with van der Waals surface area (Å²) in [6.07, 6.45) is 2.76. The second-order valence-corrected chi connectivity index (χ2v) is 5.07. The molecule has 0 saturated heterocycles. The van der Waals surface area contributed by atoms with Gasteiger partial charge in [0, 0.05) is 18.7 Å². The highest BCUT2D eigenvalue weighted by atomic mass is 19.1. The summed E-state index contributed by atoms with van der Waals surface area (Å²) < 4.78 is 12.7. The number of hydrogen-bond acceptors (Lipinski definition) is 4. The summed E-state index contributed by atoms with van der Waals surface area (Å²) in [4.78, 5) is 32.0. The summed E-state index contributed by atoms with van der Waals surface area (Å²) in [5.41, 5.74) is 0.637. The van der Waals surface area contributed by atoms with Crippen LogP contribution in [0, 0.1) is 5.82 Å². The Bertz CT molecular complexity index is 522. The molecule has 0 fully saturated rings. The van der Waals surface area contributed by atoms with Gasteiger partial charge >= 0.3 is 11.9 Å². The number of carboxylic acid groups (broad SMARTS) is 2. The van der Waals surface area contributed by atoms with Crippen LogP contribution in [0.15, 0.2) is 24.3 Å². The van der Waals surface area contributed by atoms with Crippen molar-refractivity contribution in [3.05, 3.63) is 30.1 Å². The quantitative estimate of drug-likeness (QED) is 0.655. The van der Waals surface area contributed by atoms with Crippen molar-refractivity contribution in [3.63, 3.8) is 0 Å². The number of nitrogens with zero attached hydrogens (tertiary/aromatic N) is 1. The summed E-state index contributed by atoms with van der Waals surface area (Å²) in [6, 6.07) is 5.80. The number of hydrogen-bond donors (Lipinski definition) is 3. The van der Waals surface area contributed by atoms with Crippen molar-refractivity contribution in [3.8, 4) is 0 Å². The zero-order valence-electron chi connectivity index (χ0n) is 13.8. The van der Waals surface area contributed by atoms with Crippen LogP contribution in [0.3, 0.4) is 0 Å². The van der Waals surface area contributed by atoms with E-state index in [0.717, 1.165) is 25.9 Å². The Hall–Kier alpha value is -2.48. The van der Waals surface area contributed by atoms with Crippen LogP contribution in [-0.4, -0.2) is 53.1 Å². The van der Waals surface area contributed by atoms with Gasteiger partial charge in [0.1, 0.15) is 5.82 Å². The van der Waals surface area contributed by atoms with E-state index in [1.54, 1.807) is 12.1 Å². The maximum Gasteiger partial charge on any atom is 0.414 e. The number of nitrogens with one attached hydrogen (secondary N) is 1. The second-order valence-electron chi connectivity index (χ2n) is 5.07. The van der Waals surface area contributed by atoms with Crippen molar-refractivity contribution in [1.29, 1.82) is 0 Å². The first-order valence-corrected chi connectivity index (χ1v) is 7.46. The highest BCUT2D eigenvalue weighted by Crippen LogP contribution is 2.08. The van der Waals surface area contributed by atoms with Gasteiger partial charge in [-0.05, 0) is 44.3 Å². The second kappa shape index (κ2) is 12.0. The minimum atomic E-state index is -1.82. The molecule has 3 N–H and O–H groups in total. The van der Waals surface area contributed by atoms with Crippen molar-refractivity contribution in [2.24, 2.45) is 0 Å². The molecular formula is C16H23FN2O5. The van der Waals surface area contributed by atoms with Crippen molar-refractivity contribution in [2.45, 2.75) is 26.2 Å². The molecular weight excluding hydrogens is 319 g/mol. The first-order valence-electron chi connectivity index (χ1n) is 7.46. The number of carbonyl (C=O) groups excluding carboxylic acids is 1. The minimum Gasteiger partial charge on any atom is -0.473 e. The predicted octanol–water partition coefficient (Wildman–Crippen LogP) is 2.04. The number of carboxylic acids is 2. The Morgan fingerprint density at radius 3 is 2.08 bits per heavy atom. The Kier molecular flexibility index (Phi) is 10.8. The van der Waals surface area contributed by atoms with Gasteiger partial charge in [-0.25, -0.2) is 14.0 Å². The van der Waals surface area contributed by atoms with E-state index in [4.69, 9.17) is 19.8 Å². The van der Waals surface area contributed by atoms with E-state index in [-0.39, 0.29) is 11.7 Å². The lowest BCUT2D eigenvalue weighted by atomic mass is 10.3. The largest absolute Gasteiger partial charge is 0.473 e. The van der Waals surface area contributed by atoms with Crippen LogP contribution < -0.4 is 5.32 Å². The normalized spacial score (nSPS) is 9.83. The Morgan fingerprint density at radius 2 is 1.62 bits per heavy atom. The number of unbranched alkanes of at least 4 members (excludes halogenated alkanes) is 1. The molecule has 1 rings (SSSR count). The topological polar surface area (TPSA) is 107 Å². The van der Waals surface area contributed by atoms with Crippen LogP contribution in [0.1, 0.15) is 26.2 Å². The Labute approximate surface area is 140 Å². The van der Waals surface area contributed by atoms with Gasteiger partial charge < -0.3 is 20.4 Å². The third kappa shape index (κ3) is 11.1. The predicted molar refractivity (Wildman–Crippen MR) is 87.3 cm³/mol. The lowest BCUT2D eigenvalue weighted by Crippen LogP contribution is -2.25. The molecule has 0 aromatic heterocycles. The van der Waals surface area contributed by atoms with Crippen LogP contribution >= 0.6 is 0 Å². The lowest BCUT2D eigenvalue weighted by molar-refractivity contribution is -0.159. The van der Waals surface area contributed by atoms with Crippen molar-refractivity contribution < 1.29 is 29.0 Å². The molecule has 1 aromatic carbocycles. The molecule has 0 bridgehead atoms. The first kappa shape index (κ1) is 21.5. The number of aliphatic carboxylic acids is 2. The van der Waals surface area contributed by atoms with Gasteiger partial charge in [0.2, 0.25) is 5.91 Å². The summed E-state index contributed by atoms with van der Waals surface area (Å²) in [6.45, 7) is 3.91. The standard InChI is InChI=1S/C14H21FN2O.C2H2O4/c1-3-4-10-17(2)11-9-14(18)16-13-7-5-12(15)6-8-13;3-1(4)2(5)6/h5-8H,3-4,9-11H2,1-2H3,(H,16,18);(H,3,4)(H,5,6). The summed E-state index contributed by atoms with van der Waals surface area (Å²) in [5.74, 6) is -3.98. The number of halogens is 1. The fourth-order valence-electron chi connectivity index (χ4n) is 1.59. The molecule has 0 spiro atoms. The molecule has 0 saturated carbocycles. The number of rotatable bonds is 7. The lowest BCUT2D eigenvalue weighted by Gasteiger charge is -2.15. The van der Waals surface area contributed by atoms with Crippen molar-refractivity contribution in [2.75, 3.05) is 25.5 Å². The average molecular weight is 342 g/mol. The molecule has 7 nitrogen and oxygen atoms in total. The SMILES string of the molecule is CCCCN(C)CCC(=O)Nc1ccc(F)cc1.O=C(O)C(=O)O. The van der Waals surface area contributed by atoms with Gasteiger partial charge in [0.05, 0.1) is 0 Å². The van der Waals surface area contributed by atoms with Crippen LogP contribution in [-0.2, 0) is 14.4 Å². The average Bonchev–Trinajstić information content (AvgIpc) is 2.53. The van der Waals surface area contributed by atoms with Gasteiger partial charge in [-0.2, -0.15) is 0 Å². The zero-order chi connectivity index (χ0) is 18.5. The van der Waals surface area contributed by atoms with E-state index in [1.165, 1.54) is 12.1 Å². The molecule has 134 valence electrons. The maximum atomic E-state index is 12.7. The number of carbonyl (C=O) groups is 3. The molecule has 0 heterocycles. The van der Waals surface area contributed by atoms with Crippen molar-refractivity contribution in [1.82, 2.24) is 4.90 Å². The summed E-state index contributed by atoms with van der Waals surface area (Å²) in [7, 11) is 2.01. The molecule has 0 radical (unpaired) electrons. The highest BCUT2D eigenvalue weighted by molar-refractivity contribution is 6.27. The van der Waals surface area contributed by atoms with Crippen molar-refractivity contribution >= 4 is 23.5 Å². The zero-order valence-corrected chi connectivity index (χ0v) is 13.8. The van der Waals surface area contributed by atoms with E-state index < -0.39 is 11.9 Å². The molecule has 1 amide bonds. The molecule has 0 aliphatic carbocycles. The monoisotopic (exact) mass is 342 g/mol. The number of benzene rings is 1. The Morgan fingerprint density at radius 1 is 1.08 bits per heavy atom. The van der Waals surface area contributed by atoms with Crippen LogP contribution in [0.2, 0.25) is 0 Å². The maximum absolute atomic E-state index is 12.7. The van der Waals surface area contributed by atoms with Crippen LogP contribution in [0.4, 0.5) is 10.1 Å². The number of amides is 1. The van der Waals surface area contributed by atoms with Gasteiger partial charge in [-0.3, -0.25) is 4.79 Å². The smallest absolute Gasteiger partial charge is 0.414 e. The molecule has 1 aromatic rings. The fraction of sp³-hybridized carbons (Fsp3) is 0.438. The number of anilines is 1. The third-order valence-electron chi connectivity index (χ3n) is 2.92. The third-order valence-corrected chi connectivity index (χ3v) is 2.92. The molecule has 0 atom stereocenters. The summed E-state index contributed by atoms with van der Waals surface area (Å²) >= 11 is 0. The molecule has 0 aliphatic rings.